The van der Waals surface area contributed by atoms with Gasteiger partial charge in [-0.25, -0.2) is 30.0 Å². The number of nitrogens with zero attached hydrogens (tertiary/aromatic N) is 6. The first-order valence-corrected chi connectivity index (χ1v) is 31.1. The average molecular weight is 1150 g/mol. The van der Waals surface area contributed by atoms with Crippen molar-refractivity contribution in [3.63, 3.8) is 0 Å². The van der Waals surface area contributed by atoms with Gasteiger partial charge in [0.25, 0.3) is 0 Å². The molecule has 14 nitrogen and oxygen atoms in total. The van der Waals surface area contributed by atoms with Gasteiger partial charge in [-0.15, -0.1) is 0 Å². The van der Waals surface area contributed by atoms with Crippen molar-refractivity contribution >= 4 is 46.1 Å². The van der Waals surface area contributed by atoms with Crippen LogP contribution in [-0.4, -0.2) is 69.4 Å². The Labute approximate surface area is 506 Å². The molecule has 12 rings (SSSR count). The number of allylic oxidation sites excluding steroid dienone is 24. The van der Waals surface area contributed by atoms with E-state index in [2.05, 4.69) is 126 Å². The summed E-state index contributed by atoms with van der Waals surface area (Å²) in [6.45, 7) is 30.7. The van der Waals surface area contributed by atoms with E-state index in [1.54, 1.807) is 0 Å². The third-order valence-corrected chi connectivity index (χ3v) is 19.7. The lowest BCUT2D eigenvalue weighted by atomic mass is 9.86. The van der Waals surface area contributed by atoms with E-state index in [-0.39, 0.29) is 35.5 Å². The average Bonchev–Trinajstić information content (AvgIpc) is 1.80. The molecule has 2 saturated heterocycles. The van der Waals surface area contributed by atoms with Crippen molar-refractivity contribution < 1.29 is 19.8 Å². The first-order valence-electron chi connectivity index (χ1n) is 31.1. The molecular weight excluding hydrogens is 1070 g/mol. The summed E-state index contributed by atoms with van der Waals surface area (Å²) in [5, 5.41) is 37.1. The predicted octanol–water partition coefficient (Wildman–Crippen LogP) is 14.1. The Morgan fingerprint density at radius 2 is 0.919 bits per heavy atom. The maximum Gasteiger partial charge on any atom is 0.220 e. The molecule has 0 spiro atoms. The number of carbonyl (C=O) groups is 2. The molecule has 16 bridgehead atoms. The summed E-state index contributed by atoms with van der Waals surface area (Å²) in [6, 6.07) is 0. The number of fused-ring (bicyclic) bond motifs is 10. The van der Waals surface area contributed by atoms with Gasteiger partial charge in [0.1, 0.15) is 11.5 Å². The summed E-state index contributed by atoms with van der Waals surface area (Å²) >= 11 is 0. The van der Waals surface area contributed by atoms with Gasteiger partial charge in [-0.3, -0.25) is 9.59 Å². The Morgan fingerprint density at radius 3 is 1.30 bits per heavy atom. The largest absolute Gasteiger partial charge is 0.511 e. The van der Waals surface area contributed by atoms with Crippen LogP contribution in [0.2, 0.25) is 0 Å². The highest BCUT2D eigenvalue weighted by Gasteiger charge is 2.44. The van der Waals surface area contributed by atoms with E-state index in [1.807, 2.05) is 26.0 Å². The summed E-state index contributed by atoms with van der Waals surface area (Å²) in [6.07, 6.45) is 24.1. The normalized spacial score (nSPS) is 24.5. The van der Waals surface area contributed by atoms with Crippen molar-refractivity contribution in [1.29, 1.82) is 0 Å². The minimum Gasteiger partial charge on any atom is -0.511 e. The molecule has 2 amide bonds. The first kappa shape index (κ1) is 57.9. The summed E-state index contributed by atoms with van der Waals surface area (Å²) in [5.41, 5.74) is 28.1. The summed E-state index contributed by atoms with van der Waals surface area (Å²) in [7, 11) is 0. The predicted molar refractivity (Wildman–Crippen MR) is 347 cm³/mol. The van der Waals surface area contributed by atoms with E-state index in [9.17, 15) is 19.8 Å². The number of hydrogen-bond acceptors (Lipinski definition) is 12. The van der Waals surface area contributed by atoms with E-state index in [1.165, 1.54) is 0 Å². The van der Waals surface area contributed by atoms with Gasteiger partial charge >= 0.3 is 0 Å². The van der Waals surface area contributed by atoms with Crippen LogP contribution < -0.4 is 21.3 Å². The van der Waals surface area contributed by atoms with Crippen molar-refractivity contribution in [3.05, 3.63) is 208 Å². The molecule has 14 heteroatoms. The van der Waals surface area contributed by atoms with E-state index < -0.39 is 0 Å². The lowest BCUT2D eigenvalue weighted by Gasteiger charge is -2.18. The molecule has 2 fully saturated rings. The van der Waals surface area contributed by atoms with Crippen molar-refractivity contribution in [1.82, 2.24) is 21.3 Å². The van der Waals surface area contributed by atoms with Crippen LogP contribution in [0.1, 0.15) is 146 Å². The van der Waals surface area contributed by atoms with Gasteiger partial charge in [0.2, 0.25) is 11.8 Å². The van der Waals surface area contributed by atoms with Crippen LogP contribution in [0.15, 0.2) is 238 Å². The number of aliphatic hydroxyl groups excluding tert-OH is 2. The van der Waals surface area contributed by atoms with Gasteiger partial charge in [0, 0.05) is 119 Å². The Bertz CT molecular complexity index is 3710. The smallest absolute Gasteiger partial charge is 0.220 e. The fourth-order valence-electron chi connectivity index (χ4n) is 14.6. The number of rotatable bonds is 17. The lowest BCUT2D eigenvalue weighted by Crippen LogP contribution is -2.26. The third kappa shape index (κ3) is 10.0. The lowest BCUT2D eigenvalue weighted by molar-refractivity contribution is -0.122. The maximum atomic E-state index is 13.6. The van der Waals surface area contributed by atoms with Gasteiger partial charge in [-0.2, -0.15) is 0 Å². The molecule has 0 aromatic carbocycles. The SMILES string of the molecule is C=CC1=C(C)C2=NC1=CC1=NC(=CC3=C(C)C4=C(O)CC(=C5NC(=C2)[C@@H](C)[C@@H]5CCC(=O)NCCCCCCNC(=O)CC[C@@H]2C5=C6CC(O)=C7C6=NC(=C7C)C=C6N=C(C=C7N=C(C=C(N5)[C@H]2C)C(C)=C7C=C)C(C)=C6CC)C4=N3)C(CC)=C1C. The number of amides is 2. The standard InChI is InChI=1S/C72H80N10O4/c1-13-43-35(5)51-29-55-39(9)47(69(79-55)49-27-63(83)67-41(11)57(81-71(49)67)33-61-45(15-3)37(7)53(77-61)31-59(43)75-51)21-23-65(85)73-25-19-17-18-20-26-74-66(86)24-22-48-40(10)56-30-52-36(6)44(14-2)60(76-52)32-54-38(8)46(16-4)62(78-54)34-58-42(12)68-64(84)28-50(70(48)80-56)72(68)82-58/h13-14,29-34,39-40,47-48,79-80,83-84H,1-2,15-28H2,3-12H3,(H,73,85)(H,74,86)/t39-,40-,47-,48-/m0/s1. The molecule has 0 aromatic rings. The zero-order chi connectivity index (χ0) is 60.6. The minimum atomic E-state index is -0.0214. The van der Waals surface area contributed by atoms with Crippen LogP contribution in [0.5, 0.6) is 0 Å². The summed E-state index contributed by atoms with van der Waals surface area (Å²) in [4.78, 5) is 58.2. The number of hydrogen-bond donors (Lipinski definition) is 6. The van der Waals surface area contributed by atoms with E-state index in [4.69, 9.17) is 30.0 Å². The van der Waals surface area contributed by atoms with Crippen molar-refractivity contribution in [2.24, 2.45) is 53.6 Å². The zero-order valence-electron chi connectivity index (χ0n) is 51.6. The first-order chi connectivity index (χ1) is 41.4. The van der Waals surface area contributed by atoms with Crippen molar-refractivity contribution in [2.75, 3.05) is 13.1 Å². The van der Waals surface area contributed by atoms with Gasteiger partial charge in [-0.05, 0) is 161 Å². The minimum absolute atomic E-state index is 0.0150. The number of aliphatic hydroxyl groups is 2. The second-order valence-electron chi connectivity index (χ2n) is 24.7. The molecule has 0 aromatic heterocycles. The van der Waals surface area contributed by atoms with Gasteiger partial charge < -0.3 is 31.5 Å². The fourth-order valence-corrected chi connectivity index (χ4v) is 14.6. The van der Waals surface area contributed by atoms with Crippen LogP contribution in [0.4, 0.5) is 0 Å². The van der Waals surface area contributed by atoms with Gasteiger partial charge in [0.05, 0.1) is 68.5 Å². The number of carbonyl (C=O) groups excluding carboxylic acids is 2. The quantitative estimate of drug-likeness (QED) is 0.0784. The van der Waals surface area contributed by atoms with Crippen LogP contribution >= 0.6 is 0 Å². The van der Waals surface area contributed by atoms with Crippen molar-refractivity contribution in [2.45, 2.75) is 146 Å². The Kier molecular flexibility index (Phi) is 15.5. The molecule has 10 heterocycles. The molecule has 0 radical (unpaired) electrons. The van der Waals surface area contributed by atoms with E-state index in [0.29, 0.717) is 63.1 Å². The molecule has 10 aliphatic heterocycles. The number of unbranched alkanes of at least 4 members (excludes halogenated alkanes) is 3. The summed E-state index contributed by atoms with van der Waals surface area (Å²) < 4.78 is 0. The molecule has 6 N–H and O–H groups in total. The van der Waals surface area contributed by atoms with Crippen molar-refractivity contribution in [3.8, 4) is 0 Å². The van der Waals surface area contributed by atoms with Gasteiger partial charge in [-0.1, -0.05) is 65.8 Å². The topological polar surface area (TPSA) is 197 Å². The molecule has 12 aliphatic rings. The highest BCUT2D eigenvalue weighted by molar-refractivity contribution is 6.23. The molecule has 86 heavy (non-hydrogen) atoms. The molecule has 2 aliphatic carbocycles. The Balaban J connectivity index is 0.663. The van der Waals surface area contributed by atoms with Gasteiger partial charge in [0.15, 0.2) is 0 Å². The van der Waals surface area contributed by atoms with Crippen LogP contribution in [-0.2, 0) is 9.59 Å². The molecule has 0 unspecified atom stereocenters. The monoisotopic (exact) mass is 1150 g/mol. The highest BCUT2D eigenvalue weighted by Crippen LogP contribution is 2.49. The third-order valence-electron chi connectivity index (χ3n) is 19.7. The van der Waals surface area contributed by atoms with Crippen LogP contribution in [0.3, 0.4) is 0 Å². The fraction of sp³-hybridized carbons (Fsp3) is 0.389. The zero-order valence-corrected chi connectivity index (χ0v) is 51.6. The Hall–Kier alpha value is -8.52. The summed E-state index contributed by atoms with van der Waals surface area (Å²) in [5.74, 6) is 0.694. The second-order valence-corrected chi connectivity index (χ2v) is 24.7. The van der Waals surface area contributed by atoms with Crippen LogP contribution in [0.25, 0.3) is 0 Å². The molecule has 4 atom stereocenters. The number of aliphatic imine (C=N–C) groups is 6. The maximum absolute atomic E-state index is 13.6. The molecule has 0 saturated carbocycles. The van der Waals surface area contributed by atoms with E-state index >= 15 is 0 Å². The highest BCUT2D eigenvalue weighted by atomic mass is 16.3. The molecular formula is C72H80N10O4. The number of nitrogens with one attached hydrogen (secondary N) is 4. The Morgan fingerprint density at radius 1 is 0.535 bits per heavy atom. The van der Waals surface area contributed by atoms with E-state index in [0.717, 1.165) is 208 Å². The van der Waals surface area contributed by atoms with Crippen LogP contribution in [0, 0.1) is 23.7 Å². The molecule has 442 valence electrons. The second kappa shape index (κ2) is 23.1.